The van der Waals surface area contributed by atoms with Crippen LogP contribution < -0.4 is 24.7 Å². The Morgan fingerprint density at radius 2 is 1.70 bits per heavy atom. The van der Waals surface area contributed by atoms with Crippen molar-refractivity contribution < 1.29 is 62.7 Å². The lowest BCUT2D eigenvalue weighted by atomic mass is 9.66. The van der Waals surface area contributed by atoms with Crippen LogP contribution in [0.15, 0.2) is 30.6 Å². The number of nitrogens with one attached hydrogen (secondary N) is 2. The van der Waals surface area contributed by atoms with E-state index in [0.29, 0.717) is 44.0 Å². The van der Waals surface area contributed by atoms with E-state index in [2.05, 4.69) is 19.9 Å². The van der Waals surface area contributed by atoms with Gasteiger partial charge in [-0.15, -0.1) is 0 Å². The number of phenolic OH excluding ortho intramolecular Hbond substituents is 1. The Balaban J connectivity index is 0.000000310. The van der Waals surface area contributed by atoms with Crippen LogP contribution in [0.2, 0.25) is 0 Å². The lowest BCUT2D eigenvalue weighted by Gasteiger charge is -2.47. The highest BCUT2D eigenvalue weighted by Gasteiger charge is 2.56. The minimum atomic E-state index is -1.44. The van der Waals surface area contributed by atoms with Gasteiger partial charge >= 0.3 is 5.97 Å². The summed E-state index contributed by atoms with van der Waals surface area (Å²) in [4.78, 5) is 26.8. The Hall–Kier alpha value is -4.76. The standard InChI is InChI=1S/C29H32O13.C5H5N5S/c1-11-36-9-20-27(40-11)24(31)25(32)29(41-20)42-26-14-7-17-16(38-10-39-17)6-13(14)21(22-15(26)8-37-28(22)33)12-4-18(34-2)23(30)19(5-12)35-3;6-5-9-3-2(4(11)10-5)7-1-8-3/h4-7,11,15,20-22,24-27,29-32H,8-10H2,1-3H3;1H,(H4,6,7,8,9,10,11)/t11-,15?,20-,21-,22+,24-,25-,26?,27-,29+;/m1./s1. The molecule has 6 heterocycles. The van der Waals surface area contributed by atoms with Crippen molar-refractivity contribution >= 4 is 35.3 Å². The molecule has 5 aliphatic rings. The fourth-order valence-electron chi connectivity index (χ4n) is 7.60. The summed E-state index contributed by atoms with van der Waals surface area (Å²) in [5.74, 6) is -0.738. The second-order valence-corrected chi connectivity index (χ2v) is 13.4. The third kappa shape index (κ3) is 6.16. The number of phenols is 1. The van der Waals surface area contributed by atoms with Gasteiger partial charge in [0.2, 0.25) is 18.5 Å². The number of nitrogens with two attached hydrogens (primary N) is 1. The molecule has 18 nitrogen and oxygen atoms in total. The number of carbonyl (C=O) groups is 1. The number of aliphatic hydroxyl groups is 2. The molecular formula is C34H37N5O13S. The van der Waals surface area contributed by atoms with E-state index >= 15 is 0 Å². The van der Waals surface area contributed by atoms with Crippen LogP contribution in [0.25, 0.3) is 11.2 Å². The summed E-state index contributed by atoms with van der Waals surface area (Å²) in [6.07, 6.45) is -5.27. The first-order valence-corrected chi connectivity index (χ1v) is 17.1. The average molecular weight is 756 g/mol. The quantitative estimate of drug-likeness (QED) is 0.126. The summed E-state index contributed by atoms with van der Waals surface area (Å²) in [7, 11) is 2.86. The van der Waals surface area contributed by atoms with Crippen molar-refractivity contribution in [2.45, 2.75) is 55.9 Å². The predicted octanol–water partition coefficient (Wildman–Crippen LogP) is 1.94. The van der Waals surface area contributed by atoms with E-state index < -0.39 is 66.8 Å². The van der Waals surface area contributed by atoms with Crippen LogP contribution in [0.5, 0.6) is 28.7 Å². The van der Waals surface area contributed by atoms with Crippen molar-refractivity contribution in [1.82, 2.24) is 19.9 Å². The number of carbonyl (C=O) groups excluding carboxylic acids is 1. The van der Waals surface area contributed by atoms with Crippen LogP contribution in [-0.4, -0.2) is 112 Å². The Labute approximate surface area is 306 Å². The number of nitrogens with zero attached hydrogens (tertiary/aromatic N) is 2. The first-order chi connectivity index (χ1) is 25.6. The van der Waals surface area contributed by atoms with Crippen molar-refractivity contribution in [2.75, 3.05) is 40.0 Å². The topological polar surface area (TPSA) is 244 Å². The molecule has 4 aromatic rings. The first kappa shape index (κ1) is 35.3. The molecule has 2 unspecified atom stereocenters. The highest BCUT2D eigenvalue weighted by molar-refractivity contribution is 7.71. The Morgan fingerprint density at radius 3 is 2.42 bits per heavy atom. The Kier molecular flexibility index (Phi) is 9.25. The number of aromatic amines is 2. The van der Waals surface area contributed by atoms with Gasteiger partial charge in [-0.05, 0) is 47.9 Å². The van der Waals surface area contributed by atoms with Crippen molar-refractivity contribution in [1.29, 1.82) is 0 Å². The summed E-state index contributed by atoms with van der Waals surface area (Å²) in [6.45, 7) is 1.93. The van der Waals surface area contributed by atoms with Crippen molar-refractivity contribution in [3.8, 4) is 28.7 Å². The summed E-state index contributed by atoms with van der Waals surface area (Å²) in [6, 6.07) is 6.93. The lowest BCUT2D eigenvalue weighted by molar-refractivity contribution is -0.364. The van der Waals surface area contributed by atoms with Gasteiger partial charge < -0.3 is 73.7 Å². The van der Waals surface area contributed by atoms with E-state index in [1.807, 2.05) is 0 Å². The molecule has 19 heteroatoms. The number of aliphatic hydroxyl groups excluding tert-OH is 2. The molecule has 9 rings (SSSR count). The normalized spacial score (nSPS) is 31.1. The highest BCUT2D eigenvalue weighted by Crippen LogP contribution is 2.57. The molecule has 3 saturated heterocycles. The fraction of sp³-hybridized carbons (Fsp3) is 0.471. The number of H-pyrrole nitrogens is 2. The third-order valence-corrected chi connectivity index (χ3v) is 10.4. The van der Waals surface area contributed by atoms with Crippen molar-refractivity contribution in [3.63, 3.8) is 0 Å². The van der Waals surface area contributed by atoms with Crippen LogP contribution in [0, 0.1) is 16.5 Å². The van der Waals surface area contributed by atoms with Gasteiger partial charge in [-0.25, -0.2) is 4.98 Å². The summed E-state index contributed by atoms with van der Waals surface area (Å²) in [5.41, 5.74) is 8.67. The van der Waals surface area contributed by atoms with Crippen LogP contribution in [0.4, 0.5) is 5.95 Å². The molecule has 53 heavy (non-hydrogen) atoms. The molecule has 4 aliphatic heterocycles. The van der Waals surface area contributed by atoms with E-state index in [-0.39, 0.29) is 43.2 Å². The SMILES string of the molecule is COc1cc([C@@H]2c3cc4c(cc3C(O[C@@H]3O[C@@H]5CO[C@@H](C)O[C@H]5[C@H](O)[C@H]3O)C3COC(=O)[C@@H]32)OCO4)cc(OC)c1O.Nc1nc2nc[nH]c2c(=S)[nH]1. The number of nitrogen functional groups attached to an aromatic ring is 1. The van der Waals surface area contributed by atoms with Gasteiger partial charge in [0, 0.05) is 11.8 Å². The number of cyclic esters (lactones) is 1. The number of imidazole rings is 1. The van der Waals surface area contributed by atoms with E-state index in [4.69, 9.17) is 60.6 Å². The first-order valence-electron chi connectivity index (χ1n) is 16.7. The minimum Gasteiger partial charge on any atom is -0.502 e. The summed E-state index contributed by atoms with van der Waals surface area (Å²) >= 11 is 4.95. The monoisotopic (exact) mass is 755 g/mol. The molecule has 0 radical (unpaired) electrons. The maximum Gasteiger partial charge on any atom is 0.310 e. The van der Waals surface area contributed by atoms with E-state index in [9.17, 15) is 20.1 Å². The van der Waals surface area contributed by atoms with Crippen LogP contribution in [0.1, 0.15) is 35.6 Å². The number of anilines is 1. The second-order valence-electron chi connectivity index (χ2n) is 13.0. The minimum absolute atomic E-state index is 0.0301. The van der Waals surface area contributed by atoms with E-state index in [1.165, 1.54) is 20.5 Å². The number of aromatic nitrogens is 4. The molecule has 0 bridgehead atoms. The Morgan fingerprint density at radius 1 is 0.981 bits per heavy atom. The molecule has 3 fully saturated rings. The molecular weight excluding hydrogens is 718 g/mol. The maximum absolute atomic E-state index is 13.4. The number of esters is 1. The molecule has 0 spiro atoms. The molecule has 10 atom stereocenters. The number of hydrogen-bond donors (Lipinski definition) is 6. The van der Waals surface area contributed by atoms with Gasteiger partial charge in [0.1, 0.15) is 34.6 Å². The van der Waals surface area contributed by atoms with Crippen molar-refractivity contribution in [2.24, 2.45) is 11.8 Å². The molecule has 1 aliphatic carbocycles. The molecule has 282 valence electrons. The second kappa shape index (κ2) is 13.9. The smallest absolute Gasteiger partial charge is 0.310 e. The number of fused-ring (bicyclic) bond motifs is 5. The number of ether oxygens (including phenoxy) is 9. The molecule has 2 aromatic carbocycles. The zero-order chi connectivity index (χ0) is 37.1. The van der Waals surface area contributed by atoms with Crippen LogP contribution >= 0.6 is 12.2 Å². The Bertz CT molecular complexity index is 2070. The zero-order valence-electron chi connectivity index (χ0n) is 28.6. The highest BCUT2D eigenvalue weighted by atomic mass is 32.1. The number of hydrogen-bond acceptors (Lipinski definition) is 17. The van der Waals surface area contributed by atoms with Crippen LogP contribution in [-0.2, 0) is 28.5 Å². The van der Waals surface area contributed by atoms with Gasteiger partial charge in [-0.1, -0.05) is 12.2 Å². The van der Waals surface area contributed by atoms with Gasteiger partial charge in [0.05, 0.1) is 45.8 Å². The van der Waals surface area contributed by atoms with Gasteiger partial charge in [-0.2, -0.15) is 4.98 Å². The van der Waals surface area contributed by atoms with Gasteiger partial charge in [-0.3, -0.25) is 4.79 Å². The maximum atomic E-state index is 13.4. The number of methoxy groups -OCH3 is 2. The third-order valence-electron chi connectivity index (χ3n) is 10.1. The number of benzene rings is 2. The lowest BCUT2D eigenvalue weighted by Crippen LogP contribution is -2.63. The predicted molar refractivity (Wildman–Crippen MR) is 182 cm³/mol. The molecule has 7 N–H and O–H groups in total. The van der Waals surface area contributed by atoms with Gasteiger partial charge in [0.15, 0.2) is 41.2 Å². The zero-order valence-corrected chi connectivity index (χ0v) is 29.4. The fourth-order valence-corrected chi connectivity index (χ4v) is 7.85. The van der Waals surface area contributed by atoms with E-state index in [1.54, 1.807) is 31.2 Å². The number of aromatic hydroxyl groups is 1. The summed E-state index contributed by atoms with van der Waals surface area (Å²) in [5, 5.41) is 32.5. The largest absolute Gasteiger partial charge is 0.502 e. The molecule has 0 amide bonds. The van der Waals surface area contributed by atoms with Crippen LogP contribution in [0.3, 0.4) is 0 Å². The van der Waals surface area contributed by atoms with Gasteiger partial charge in [0.25, 0.3) is 0 Å². The number of rotatable bonds is 5. The molecule has 2 aromatic heterocycles. The summed E-state index contributed by atoms with van der Waals surface area (Å²) < 4.78 is 52.1. The average Bonchev–Trinajstić information content (AvgIpc) is 3.91. The van der Waals surface area contributed by atoms with E-state index in [0.717, 1.165) is 0 Å². The molecule has 0 saturated carbocycles. The van der Waals surface area contributed by atoms with Crippen molar-refractivity contribution in [3.05, 3.63) is 51.9 Å².